The van der Waals surface area contributed by atoms with E-state index in [1.165, 1.54) is 5.56 Å². The number of nitrogens with zero attached hydrogens (tertiary/aromatic N) is 1. The molecule has 6 heteroatoms. The van der Waals surface area contributed by atoms with Gasteiger partial charge in [-0.15, -0.1) is 0 Å². The summed E-state index contributed by atoms with van der Waals surface area (Å²) in [6.45, 7) is 2.69. The summed E-state index contributed by atoms with van der Waals surface area (Å²) in [7, 11) is 6.17. The Morgan fingerprint density at radius 2 is 1.82 bits per heavy atom. The lowest BCUT2D eigenvalue weighted by Gasteiger charge is -2.40. The average Bonchev–Trinajstić information content (AvgIpc) is 2.70. The van der Waals surface area contributed by atoms with Crippen LogP contribution in [0, 0.1) is 0 Å². The lowest BCUT2D eigenvalue weighted by atomic mass is 10.0. The highest BCUT2D eigenvalue weighted by atomic mass is 127. The van der Waals surface area contributed by atoms with Crippen molar-refractivity contribution in [1.82, 2.24) is 0 Å². The molecule has 0 spiro atoms. The third-order valence-electron chi connectivity index (χ3n) is 5.31. The van der Waals surface area contributed by atoms with Crippen LogP contribution in [0.25, 0.3) is 0 Å². The fourth-order valence-corrected chi connectivity index (χ4v) is 3.64. The van der Waals surface area contributed by atoms with E-state index in [4.69, 9.17) is 9.47 Å². The first-order valence-electron chi connectivity index (χ1n) is 9.43. The molecule has 152 valence electrons. The summed E-state index contributed by atoms with van der Waals surface area (Å²) in [6, 6.07) is 15.9. The van der Waals surface area contributed by atoms with E-state index in [2.05, 4.69) is 31.5 Å². The molecule has 1 N–H and O–H groups in total. The molecule has 0 aromatic heterocycles. The summed E-state index contributed by atoms with van der Waals surface area (Å²) in [4.78, 5) is 12.4. The van der Waals surface area contributed by atoms with Gasteiger partial charge in [0.25, 0.3) is 5.91 Å². The van der Waals surface area contributed by atoms with E-state index in [-0.39, 0.29) is 29.9 Å². The lowest BCUT2D eigenvalue weighted by molar-refractivity contribution is -0.929. The minimum absolute atomic E-state index is 0. The van der Waals surface area contributed by atoms with Crippen molar-refractivity contribution in [3.63, 3.8) is 0 Å². The van der Waals surface area contributed by atoms with Gasteiger partial charge in [0.1, 0.15) is 12.3 Å². The maximum atomic E-state index is 12.4. The molecule has 0 atom stereocenters. The van der Waals surface area contributed by atoms with Crippen molar-refractivity contribution >= 4 is 11.6 Å². The summed E-state index contributed by atoms with van der Waals surface area (Å²) in [6.07, 6.45) is 2.23. The van der Waals surface area contributed by atoms with Gasteiger partial charge in [-0.3, -0.25) is 4.79 Å². The molecule has 1 heterocycles. The maximum absolute atomic E-state index is 12.4. The van der Waals surface area contributed by atoms with Gasteiger partial charge in [0, 0.05) is 29.7 Å². The van der Waals surface area contributed by atoms with Gasteiger partial charge in [-0.05, 0) is 30.3 Å². The fourth-order valence-electron chi connectivity index (χ4n) is 3.64. The van der Waals surface area contributed by atoms with E-state index in [1.807, 2.05) is 24.3 Å². The Kier molecular flexibility index (Phi) is 8.27. The number of nitrogens with one attached hydrogen (secondary N) is 1. The molecule has 2 aromatic rings. The summed E-state index contributed by atoms with van der Waals surface area (Å²) in [5.74, 6) is 0.533. The Bertz CT molecular complexity index is 772. The maximum Gasteiger partial charge on any atom is 0.255 e. The van der Waals surface area contributed by atoms with Crippen LogP contribution in [0.5, 0.6) is 5.75 Å². The van der Waals surface area contributed by atoms with Gasteiger partial charge < -0.3 is 43.3 Å². The number of halogens is 1. The number of methoxy groups -OCH3 is 1. The second-order valence-electron chi connectivity index (χ2n) is 7.66. The Morgan fingerprint density at radius 1 is 1.14 bits per heavy atom. The first kappa shape index (κ1) is 22.6. The molecule has 28 heavy (non-hydrogen) atoms. The van der Waals surface area contributed by atoms with Crippen molar-refractivity contribution in [2.45, 2.75) is 25.4 Å². The molecule has 5 nitrogen and oxygen atoms in total. The Morgan fingerprint density at radius 3 is 2.46 bits per heavy atom. The van der Waals surface area contributed by atoms with Crippen molar-refractivity contribution in [2.75, 3.05) is 39.7 Å². The monoisotopic (exact) mass is 496 g/mol. The number of anilines is 1. The highest BCUT2D eigenvalue weighted by Gasteiger charge is 2.30. The summed E-state index contributed by atoms with van der Waals surface area (Å²) in [5, 5.41) is 2.95. The summed E-state index contributed by atoms with van der Waals surface area (Å²) < 4.78 is 11.6. The van der Waals surface area contributed by atoms with Gasteiger partial charge in [-0.1, -0.05) is 18.2 Å². The number of rotatable bonds is 6. The van der Waals surface area contributed by atoms with Gasteiger partial charge in [0.05, 0.1) is 40.5 Å². The smallest absolute Gasteiger partial charge is 0.255 e. The predicted octanol–water partition coefficient (Wildman–Crippen LogP) is 0.707. The first-order valence-corrected chi connectivity index (χ1v) is 9.43. The molecule has 0 radical (unpaired) electrons. The normalized spacial score (nSPS) is 14.8. The van der Waals surface area contributed by atoms with Crippen molar-refractivity contribution in [2.24, 2.45) is 0 Å². The molecule has 1 aliphatic rings. The Hall–Kier alpha value is -1.64. The molecular weight excluding hydrogens is 467 g/mol. The second-order valence-corrected chi connectivity index (χ2v) is 7.66. The number of benzene rings is 2. The van der Waals surface area contributed by atoms with Crippen LogP contribution in [0.4, 0.5) is 5.69 Å². The zero-order valence-corrected chi connectivity index (χ0v) is 18.9. The first-order chi connectivity index (χ1) is 13.0. The van der Waals surface area contributed by atoms with Gasteiger partial charge >= 0.3 is 0 Å². The van der Waals surface area contributed by atoms with Crippen LogP contribution in [0.2, 0.25) is 0 Å². The van der Waals surface area contributed by atoms with E-state index in [1.54, 1.807) is 19.2 Å². The summed E-state index contributed by atoms with van der Waals surface area (Å²) in [5.41, 5.74) is 2.64. The van der Waals surface area contributed by atoms with E-state index in [0.29, 0.717) is 17.4 Å². The van der Waals surface area contributed by atoms with Gasteiger partial charge in [0.15, 0.2) is 0 Å². The van der Waals surface area contributed by atoms with Gasteiger partial charge in [-0.2, -0.15) is 0 Å². The second kappa shape index (κ2) is 10.2. The Balaban J connectivity index is 0.00000280. The van der Waals surface area contributed by atoms with E-state index in [9.17, 15) is 4.79 Å². The fraction of sp³-hybridized carbons (Fsp3) is 0.409. The molecule has 3 rings (SSSR count). The number of quaternary nitrogens is 1. The van der Waals surface area contributed by atoms with Gasteiger partial charge in [0.2, 0.25) is 0 Å². The van der Waals surface area contributed by atoms with Crippen molar-refractivity contribution in [3.05, 3.63) is 59.7 Å². The van der Waals surface area contributed by atoms with E-state index >= 15 is 0 Å². The molecular formula is C22H29IN2O3. The standard InChI is InChI=1S/C22H28N2O3.HI/c1-24(2,20-11-13-27-14-12-20)16-17-7-9-19(10-8-17)23-22(25)18-5-4-6-21(15-18)26-3;/h4-10,15,20H,11-14,16H2,1-3H3;1H. The topological polar surface area (TPSA) is 47.6 Å². The number of amides is 1. The molecule has 1 fully saturated rings. The third-order valence-corrected chi connectivity index (χ3v) is 5.31. The van der Waals surface area contributed by atoms with E-state index in [0.717, 1.165) is 42.8 Å². The number of hydrogen-bond acceptors (Lipinski definition) is 3. The minimum Gasteiger partial charge on any atom is -1.00 e. The van der Waals surface area contributed by atoms with Crippen LogP contribution in [0.15, 0.2) is 48.5 Å². The van der Waals surface area contributed by atoms with Crippen LogP contribution in [0.1, 0.15) is 28.8 Å². The highest BCUT2D eigenvalue weighted by Crippen LogP contribution is 2.23. The largest absolute Gasteiger partial charge is 1.00 e. The number of hydrogen-bond donors (Lipinski definition) is 1. The highest BCUT2D eigenvalue weighted by molar-refractivity contribution is 6.04. The summed E-state index contributed by atoms with van der Waals surface area (Å²) >= 11 is 0. The zero-order valence-electron chi connectivity index (χ0n) is 16.8. The molecule has 0 saturated carbocycles. The number of ether oxygens (including phenoxy) is 2. The number of carbonyl (C=O) groups is 1. The van der Waals surface area contributed by atoms with Crippen LogP contribution in [0.3, 0.4) is 0 Å². The molecule has 0 unspecified atom stereocenters. The van der Waals surface area contributed by atoms with Crippen LogP contribution >= 0.6 is 0 Å². The van der Waals surface area contributed by atoms with Gasteiger partial charge in [-0.25, -0.2) is 0 Å². The Labute approximate surface area is 184 Å². The average molecular weight is 496 g/mol. The van der Waals surface area contributed by atoms with Crippen molar-refractivity contribution < 1.29 is 42.7 Å². The minimum atomic E-state index is -0.139. The van der Waals surface area contributed by atoms with Crippen molar-refractivity contribution in [3.8, 4) is 5.75 Å². The molecule has 1 saturated heterocycles. The number of carbonyl (C=O) groups excluding carboxylic acids is 1. The molecule has 2 aromatic carbocycles. The molecule has 1 aliphatic heterocycles. The molecule has 1 amide bonds. The molecule has 0 bridgehead atoms. The predicted molar refractivity (Wildman–Crippen MR) is 107 cm³/mol. The van der Waals surface area contributed by atoms with Crippen LogP contribution < -0.4 is 34.0 Å². The molecule has 0 aliphatic carbocycles. The van der Waals surface area contributed by atoms with Crippen molar-refractivity contribution in [1.29, 1.82) is 0 Å². The zero-order chi connectivity index (χ0) is 19.3. The SMILES string of the molecule is COc1cccc(C(=O)Nc2ccc(C[N+](C)(C)C3CCOCC3)cc2)c1.[I-]. The van der Waals surface area contributed by atoms with Crippen LogP contribution in [-0.2, 0) is 11.3 Å². The van der Waals surface area contributed by atoms with Crippen LogP contribution in [-0.4, -0.2) is 50.9 Å². The third kappa shape index (κ3) is 5.93. The van der Waals surface area contributed by atoms with E-state index < -0.39 is 0 Å². The quantitative estimate of drug-likeness (QED) is 0.474. The lowest BCUT2D eigenvalue weighted by Crippen LogP contribution is -3.00.